The summed E-state index contributed by atoms with van der Waals surface area (Å²) in [5, 5.41) is 6.08. The molecular weight excluding hydrogens is 436 g/mol. The average molecular weight is 471 g/mol. The quantitative estimate of drug-likeness (QED) is 0.503. The molecule has 0 bridgehead atoms. The van der Waals surface area contributed by atoms with Crippen LogP contribution in [0.5, 0.6) is 0 Å². The van der Waals surface area contributed by atoms with Gasteiger partial charge < -0.3 is 20.1 Å². The van der Waals surface area contributed by atoms with Crippen LogP contribution in [0.4, 0.5) is 9.59 Å². The molecule has 2 aromatic carbocycles. The van der Waals surface area contributed by atoms with E-state index in [9.17, 15) is 9.59 Å². The third kappa shape index (κ3) is 9.00. The van der Waals surface area contributed by atoms with Gasteiger partial charge in [0.2, 0.25) is 0 Å². The first-order valence-electron chi connectivity index (χ1n) is 11.4. The van der Waals surface area contributed by atoms with Gasteiger partial charge in [-0.05, 0) is 63.6 Å². The largest absolute Gasteiger partial charge is 0.445 e. The minimum Gasteiger partial charge on any atom is -0.445 e. The molecule has 178 valence electrons. The molecule has 3 atom stereocenters. The second-order valence-electron chi connectivity index (χ2n) is 9.35. The number of rotatable bonds is 7. The lowest BCUT2D eigenvalue weighted by Gasteiger charge is -2.36. The Bertz CT molecular complexity index is 886. The van der Waals surface area contributed by atoms with Crippen LogP contribution in [0.25, 0.3) is 0 Å². The van der Waals surface area contributed by atoms with E-state index in [1.54, 1.807) is 11.8 Å². The molecule has 1 aliphatic carbocycles. The normalized spacial score (nSPS) is 20.5. The van der Waals surface area contributed by atoms with Crippen molar-refractivity contribution in [2.24, 2.45) is 5.92 Å². The Balaban J connectivity index is 1.57. The molecule has 0 aromatic heterocycles. The van der Waals surface area contributed by atoms with Crippen LogP contribution in [-0.4, -0.2) is 35.6 Å². The SMILES string of the molecule is CC(C)(C)OC(=O)NC1CCC(NC(=O)OCc2ccccc2)C(CSc2ccccc2)C1. The van der Waals surface area contributed by atoms with Crippen molar-refractivity contribution in [2.75, 3.05) is 5.75 Å². The molecule has 0 spiro atoms. The lowest BCUT2D eigenvalue weighted by atomic mass is 9.82. The fourth-order valence-corrected chi connectivity index (χ4v) is 5.00. The minimum absolute atomic E-state index is 0.0128. The van der Waals surface area contributed by atoms with Crippen LogP contribution < -0.4 is 10.6 Å². The van der Waals surface area contributed by atoms with Crippen LogP contribution in [0, 0.1) is 5.92 Å². The topological polar surface area (TPSA) is 76.7 Å². The number of carbonyl (C=O) groups excluding carboxylic acids is 2. The van der Waals surface area contributed by atoms with Gasteiger partial charge in [-0.25, -0.2) is 9.59 Å². The summed E-state index contributed by atoms with van der Waals surface area (Å²) in [6.07, 6.45) is 1.51. The molecular formula is C26H34N2O4S. The summed E-state index contributed by atoms with van der Waals surface area (Å²) in [6.45, 7) is 5.81. The molecule has 1 aliphatic rings. The molecule has 3 unspecified atom stereocenters. The zero-order valence-electron chi connectivity index (χ0n) is 19.6. The van der Waals surface area contributed by atoms with Crippen LogP contribution in [0.3, 0.4) is 0 Å². The molecule has 3 rings (SSSR count). The van der Waals surface area contributed by atoms with Crippen molar-refractivity contribution in [1.29, 1.82) is 0 Å². The molecule has 1 fully saturated rings. The first kappa shape index (κ1) is 25.0. The lowest BCUT2D eigenvalue weighted by Crippen LogP contribution is -2.50. The maximum absolute atomic E-state index is 12.5. The van der Waals surface area contributed by atoms with E-state index in [2.05, 4.69) is 22.8 Å². The molecule has 0 saturated heterocycles. The molecule has 0 heterocycles. The molecule has 6 nitrogen and oxygen atoms in total. The van der Waals surface area contributed by atoms with Gasteiger partial charge in [0.05, 0.1) is 0 Å². The molecule has 7 heteroatoms. The summed E-state index contributed by atoms with van der Waals surface area (Å²) >= 11 is 1.76. The van der Waals surface area contributed by atoms with E-state index in [0.717, 1.165) is 30.6 Å². The van der Waals surface area contributed by atoms with E-state index in [4.69, 9.17) is 9.47 Å². The van der Waals surface area contributed by atoms with Gasteiger partial charge in [-0.3, -0.25) is 0 Å². The predicted octanol–water partition coefficient (Wildman–Crippen LogP) is 5.77. The number of carbonyl (C=O) groups is 2. The molecule has 2 aromatic rings. The van der Waals surface area contributed by atoms with Crippen molar-refractivity contribution in [1.82, 2.24) is 10.6 Å². The van der Waals surface area contributed by atoms with Gasteiger partial charge in [-0.15, -0.1) is 11.8 Å². The van der Waals surface area contributed by atoms with Crippen molar-refractivity contribution < 1.29 is 19.1 Å². The number of hydrogen-bond acceptors (Lipinski definition) is 5. The molecule has 0 aliphatic heterocycles. The lowest BCUT2D eigenvalue weighted by molar-refractivity contribution is 0.0478. The number of alkyl carbamates (subject to hydrolysis) is 2. The number of thioether (sulfide) groups is 1. The molecule has 1 saturated carbocycles. The van der Waals surface area contributed by atoms with Crippen molar-refractivity contribution in [3.05, 3.63) is 66.2 Å². The van der Waals surface area contributed by atoms with Gasteiger partial charge in [0.25, 0.3) is 0 Å². The predicted molar refractivity (Wildman–Crippen MR) is 131 cm³/mol. The van der Waals surface area contributed by atoms with Crippen molar-refractivity contribution in [2.45, 2.75) is 69.2 Å². The number of hydrogen-bond donors (Lipinski definition) is 2. The molecule has 0 radical (unpaired) electrons. The Morgan fingerprint density at radius 3 is 2.27 bits per heavy atom. The van der Waals surface area contributed by atoms with Crippen molar-refractivity contribution in [3.63, 3.8) is 0 Å². The summed E-state index contributed by atoms with van der Waals surface area (Å²) in [7, 11) is 0. The van der Waals surface area contributed by atoms with E-state index < -0.39 is 17.8 Å². The van der Waals surface area contributed by atoms with Crippen LogP contribution in [-0.2, 0) is 16.1 Å². The maximum Gasteiger partial charge on any atom is 0.407 e. The first-order chi connectivity index (χ1) is 15.8. The highest BCUT2D eigenvalue weighted by atomic mass is 32.2. The Hall–Kier alpha value is -2.67. The van der Waals surface area contributed by atoms with E-state index >= 15 is 0 Å². The second kappa shape index (κ2) is 12.0. The Morgan fingerprint density at radius 2 is 1.61 bits per heavy atom. The fraction of sp³-hybridized carbons (Fsp3) is 0.462. The Morgan fingerprint density at radius 1 is 0.939 bits per heavy atom. The highest BCUT2D eigenvalue weighted by molar-refractivity contribution is 7.99. The van der Waals surface area contributed by atoms with Gasteiger partial charge in [0, 0.05) is 22.7 Å². The van der Waals surface area contributed by atoms with E-state index in [0.29, 0.717) is 0 Å². The Kier molecular flexibility index (Phi) is 9.06. The molecule has 2 N–H and O–H groups in total. The third-order valence-electron chi connectivity index (χ3n) is 5.43. The fourth-order valence-electron chi connectivity index (χ4n) is 3.88. The zero-order valence-corrected chi connectivity index (χ0v) is 20.4. The van der Waals surface area contributed by atoms with E-state index in [-0.39, 0.29) is 24.6 Å². The van der Waals surface area contributed by atoms with Gasteiger partial charge >= 0.3 is 12.2 Å². The van der Waals surface area contributed by atoms with Crippen LogP contribution >= 0.6 is 11.8 Å². The van der Waals surface area contributed by atoms with Crippen molar-refractivity contribution in [3.8, 4) is 0 Å². The summed E-state index contributed by atoms with van der Waals surface area (Å²) < 4.78 is 10.9. The Labute approximate surface area is 200 Å². The third-order valence-corrected chi connectivity index (χ3v) is 6.63. The summed E-state index contributed by atoms with van der Waals surface area (Å²) in [6, 6.07) is 19.8. The van der Waals surface area contributed by atoms with E-state index in [1.165, 1.54) is 4.90 Å². The van der Waals surface area contributed by atoms with Gasteiger partial charge in [-0.1, -0.05) is 48.5 Å². The standard InChI is InChI=1S/C26H34N2O4S/c1-26(2,3)32-25(30)27-21-14-15-23(20(16-21)18-33-22-12-8-5-9-13-22)28-24(29)31-17-19-10-6-4-7-11-19/h4-13,20-21,23H,14-18H2,1-3H3,(H,27,30)(H,28,29). The van der Waals surface area contributed by atoms with E-state index in [1.807, 2.05) is 69.3 Å². The highest BCUT2D eigenvalue weighted by Gasteiger charge is 2.33. The second-order valence-corrected chi connectivity index (χ2v) is 10.4. The highest BCUT2D eigenvalue weighted by Crippen LogP contribution is 2.31. The number of benzene rings is 2. The zero-order chi connectivity index (χ0) is 23.7. The maximum atomic E-state index is 12.5. The smallest absolute Gasteiger partial charge is 0.407 e. The van der Waals surface area contributed by atoms with Gasteiger partial charge in [0.15, 0.2) is 0 Å². The molecule has 33 heavy (non-hydrogen) atoms. The minimum atomic E-state index is -0.534. The average Bonchev–Trinajstić information content (AvgIpc) is 2.78. The number of amides is 2. The van der Waals surface area contributed by atoms with Crippen LogP contribution in [0.2, 0.25) is 0 Å². The van der Waals surface area contributed by atoms with Crippen molar-refractivity contribution >= 4 is 23.9 Å². The van der Waals surface area contributed by atoms with Gasteiger partial charge in [0.1, 0.15) is 12.2 Å². The number of nitrogens with one attached hydrogen (secondary N) is 2. The number of ether oxygens (including phenoxy) is 2. The summed E-state index contributed by atoms with van der Waals surface area (Å²) in [5.74, 6) is 1.02. The van der Waals surface area contributed by atoms with Crippen LogP contribution in [0.1, 0.15) is 45.6 Å². The summed E-state index contributed by atoms with van der Waals surface area (Å²) in [4.78, 5) is 25.9. The first-order valence-corrected chi connectivity index (χ1v) is 12.4. The van der Waals surface area contributed by atoms with Gasteiger partial charge in [-0.2, -0.15) is 0 Å². The molecule has 2 amide bonds. The van der Waals surface area contributed by atoms with Crippen LogP contribution in [0.15, 0.2) is 65.6 Å². The monoisotopic (exact) mass is 470 g/mol. The summed E-state index contributed by atoms with van der Waals surface area (Å²) in [5.41, 5.74) is 0.419.